The van der Waals surface area contributed by atoms with Crippen LogP contribution in [-0.4, -0.2) is 47.1 Å². The highest BCUT2D eigenvalue weighted by atomic mass is 32.1. The Bertz CT molecular complexity index is 1320. The number of carbonyl (C=O) groups excluding carboxylic acids is 2. The second kappa shape index (κ2) is 9.59. The van der Waals surface area contributed by atoms with Gasteiger partial charge in [0.25, 0.3) is 0 Å². The molecule has 0 unspecified atom stereocenters. The van der Waals surface area contributed by atoms with Gasteiger partial charge in [-0.25, -0.2) is 14.8 Å². The maximum atomic E-state index is 12.7. The van der Waals surface area contributed by atoms with Crippen LogP contribution in [-0.2, 0) is 16.0 Å². The molecule has 4 rings (SSSR count). The third kappa shape index (κ3) is 4.69. The second-order valence-electron chi connectivity index (χ2n) is 6.95. The minimum atomic E-state index is -0.438. The van der Waals surface area contributed by atoms with Gasteiger partial charge in [0.1, 0.15) is 16.4 Å². The van der Waals surface area contributed by atoms with Crippen LogP contribution in [0.4, 0.5) is 5.13 Å². The van der Waals surface area contributed by atoms with Gasteiger partial charge >= 0.3 is 5.97 Å². The molecule has 33 heavy (non-hydrogen) atoms. The van der Waals surface area contributed by atoms with E-state index in [1.54, 1.807) is 28.1 Å². The third-order valence-corrected chi connectivity index (χ3v) is 6.75. The van der Waals surface area contributed by atoms with E-state index in [9.17, 15) is 9.59 Å². The molecular formula is C22H22N4O5S2. The molecular weight excluding hydrogens is 464 g/mol. The number of hydrogen-bond donors (Lipinski definition) is 1. The quantitative estimate of drug-likeness (QED) is 0.372. The SMILES string of the molecule is CCOC(=O)c1sc(NC(=O)Cc2csc3nc(-c4cc(OC)ccc4OC)cn23)nc1C. The number of aryl methyl sites for hydroxylation is 1. The number of esters is 1. The molecule has 1 aromatic carbocycles. The zero-order valence-corrected chi connectivity index (χ0v) is 20.1. The van der Waals surface area contributed by atoms with Gasteiger partial charge in [-0.15, -0.1) is 11.3 Å². The van der Waals surface area contributed by atoms with Gasteiger partial charge in [-0.1, -0.05) is 11.3 Å². The highest BCUT2D eigenvalue weighted by Crippen LogP contribution is 2.34. The highest BCUT2D eigenvalue weighted by Gasteiger charge is 2.19. The molecule has 0 aliphatic rings. The first-order valence-corrected chi connectivity index (χ1v) is 11.7. The van der Waals surface area contributed by atoms with E-state index >= 15 is 0 Å². The number of hydrogen-bond acceptors (Lipinski definition) is 9. The molecule has 0 radical (unpaired) electrons. The van der Waals surface area contributed by atoms with Crippen molar-refractivity contribution in [3.05, 3.63) is 46.0 Å². The summed E-state index contributed by atoms with van der Waals surface area (Å²) in [6.45, 7) is 3.73. The molecule has 0 fully saturated rings. The van der Waals surface area contributed by atoms with Crippen LogP contribution in [0.3, 0.4) is 0 Å². The lowest BCUT2D eigenvalue weighted by Gasteiger charge is -2.08. The molecule has 0 aliphatic heterocycles. The van der Waals surface area contributed by atoms with Crippen molar-refractivity contribution in [3.63, 3.8) is 0 Å². The highest BCUT2D eigenvalue weighted by molar-refractivity contribution is 7.17. The maximum Gasteiger partial charge on any atom is 0.350 e. The topological polar surface area (TPSA) is 104 Å². The van der Waals surface area contributed by atoms with E-state index in [0.29, 0.717) is 32.9 Å². The van der Waals surface area contributed by atoms with Crippen molar-refractivity contribution in [1.29, 1.82) is 0 Å². The Balaban J connectivity index is 1.54. The number of aromatic nitrogens is 3. The summed E-state index contributed by atoms with van der Waals surface area (Å²) in [5.74, 6) is 0.694. The van der Waals surface area contributed by atoms with Crippen molar-refractivity contribution in [2.75, 3.05) is 26.1 Å². The van der Waals surface area contributed by atoms with Crippen molar-refractivity contribution in [2.24, 2.45) is 0 Å². The predicted octanol–water partition coefficient (Wildman–Crippen LogP) is 4.20. The minimum Gasteiger partial charge on any atom is -0.497 e. The Morgan fingerprint density at radius 1 is 1.18 bits per heavy atom. The average molecular weight is 487 g/mol. The van der Waals surface area contributed by atoms with Crippen LogP contribution in [0.5, 0.6) is 11.5 Å². The Hall–Kier alpha value is -3.44. The van der Waals surface area contributed by atoms with Crippen molar-refractivity contribution in [3.8, 4) is 22.8 Å². The maximum absolute atomic E-state index is 12.7. The Morgan fingerprint density at radius 3 is 2.73 bits per heavy atom. The largest absolute Gasteiger partial charge is 0.497 e. The molecule has 0 saturated heterocycles. The minimum absolute atomic E-state index is 0.123. The molecule has 3 heterocycles. The summed E-state index contributed by atoms with van der Waals surface area (Å²) in [6, 6.07) is 5.52. The van der Waals surface area contributed by atoms with Crippen molar-refractivity contribution < 1.29 is 23.8 Å². The average Bonchev–Trinajstić information content (AvgIpc) is 3.48. The number of benzene rings is 1. The molecule has 172 valence electrons. The number of nitrogens with one attached hydrogen (secondary N) is 1. The normalized spacial score (nSPS) is 10.9. The first kappa shape index (κ1) is 22.7. The molecule has 1 amide bonds. The first-order valence-electron chi connectivity index (χ1n) is 10.1. The fraction of sp³-hybridized carbons (Fsp3) is 0.273. The molecule has 0 atom stereocenters. The molecule has 4 aromatic rings. The molecule has 3 aromatic heterocycles. The number of thiazole rings is 2. The fourth-order valence-corrected chi connectivity index (χ4v) is 5.01. The predicted molar refractivity (Wildman–Crippen MR) is 127 cm³/mol. The van der Waals surface area contributed by atoms with Crippen LogP contribution in [0.15, 0.2) is 29.8 Å². The van der Waals surface area contributed by atoms with Crippen molar-refractivity contribution in [1.82, 2.24) is 14.4 Å². The summed E-state index contributed by atoms with van der Waals surface area (Å²) in [6.07, 6.45) is 2.00. The molecule has 0 aliphatic carbocycles. The number of rotatable bonds is 8. The van der Waals surface area contributed by atoms with Gasteiger partial charge in [0.05, 0.1) is 38.6 Å². The van der Waals surface area contributed by atoms with Crippen LogP contribution in [0, 0.1) is 6.92 Å². The second-order valence-corrected chi connectivity index (χ2v) is 8.79. The summed E-state index contributed by atoms with van der Waals surface area (Å²) < 4.78 is 17.7. The lowest BCUT2D eigenvalue weighted by molar-refractivity contribution is -0.115. The van der Waals surface area contributed by atoms with Crippen LogP contribution in [0.1, 0.15) is 28.0 Å². The smallest absolute Gasteiger partial charge is 0.350 e. The van der Waals surface area contributed by atoms with Gasteiger partial charge in [0.2, 0.25) is 5.91 Å². The zero-order valence-electron chi connectivity index (χ0n) is 18.5. The van der Waals surface area contributed by atoms with Crippen LogP contribution >= 0.6 is 22.7 Å². The number of fused-ring (bicyclic) bond motifs is 1. The summed E-state index contributed by atoms with van der Waals surface area (Å²) in [4.78, 5) is 34.8. The number of carbonyl (C=O) groups is 2. The summed E-state index contributed by atoms with van der Waals surface area (Å²) in [5, 5.41) is 5.03. The van der Waals surface area contributed by atoms with E-state index in [-0.39, 0.29) is 18.9 Å². The Kier molecular flexibility index (Phi) is 6.61. The van der Waals surface area contributed by atoms with Gasteiger partial charge in [-0.3, -0.25) is 9.20 Å². The van der Waals surface area contributed by atoms with Gasteiger partial charge < -0.3 is 19.5 Å². The van der Waals surface area contributed by atoms with E-state index in [4.69, 9.17) is 14.2 Å². The van der Waals surface area contributed by atoms with Gasteiger partial charge in [0.15, 0.2) is 10.1 Å². The van der Waals surface area contributed by atoms with Crippen LogP contribution < -0.4 is 14.8 Å². The van der Waals surface area contributed by atoms with E-state index in [2.05, 4.69) is 15.3 Å². The number of anilines is 1. The van der Waals surface area contributed by atoms with Crippen LogP contribution in [0.2, 0.25) is 0 Å². The number of ether oxygens (including phenoxy) is 3. The molecule has 1 N–H and O–H groups in total. The third-order valence-electron chi connectivity index (χ3n) is 4.81. The van der Waals surface area contributed by atoms with E-state index in [1.165, 1.54) is 11.3 Å². The molecule has 0 bridgehead atoms. The van der Waals surface area contributed by atoms with E-state index in [0.717, 1.165) is 27.6 Å². The lowest BCUT2D eigenvalue weighted by Crippen LogP contribution is -2.15. The molecule has 0 spiro atoms. The Morgan fingerprint density at radius 2 is 2.00 bits per heavy atom. The lowest BCUT2D eigenvalue weighted by atomic mass is 10.1. The van der Waals surface area contributed by atoms with Crippen molar-refractivity contribution in [2.45, 2.75) is 20.3 Å². The fourth-order valence-electron chi connectivity index (χ4n) is 3.26. The van der Waals surface area contributed by atoms with Gasteiger partial charge in [-0.2, -0.15) is 0 Å². The summed E-state index contributed by atoms with van der Waals surface area (Å²) in [7, 11) is 3.21. The summed E-state index contributed by atoms with van der Waals surface area (Å²) >= 11 is 2.54. The zero-order chi connectivity index (χ0) is 23.5. The monoisotopic (exact) mass is 486 g/mol. The van der Waals surface area contributed by atoms with Crippen molar-refractivity contribution >= 4 is 44.6 Å². The summed E-state index contributed by atoms with van der Waals surface area (Å²) in [5.41, 5.74) is 2.83. The van der Waals surface area contributed by atoms with E-state index in [1.807, 2.05) is 34.2 Å². The standard InChI is InChI=1S/C22H22N4O5S2/c1-5-31-20(28)19-12(2)23-21(33-19)25-18(27)8-13-11-32-22-24-16(10-26(13)22)15-9-14(29-3)6-7-17(15)30-4/h6-7,9-11H,5,8H2,1-4H3,(H,23,25,27). The number of methoxy groups -OCH3 is 2. The molecule has 0 saturated carbocycles. The first-order chi connectivity index (χ1) is 15.9. The van der Waals surface area contributed by atoms with Gasteiger partial charge in [-0.05, 0) is 32.0 Å². The number of amides is 1. The number of nitrogens with zero attached hydrogens (tertiary/aromatic N) is 3. The number of imidazole rings is 1. The van der Waals surface area contributed by atoms with Crippen LogP contribution in [0.25, 0.3) is 16.2 Å². The van der Waals surface area contributed by atoms with Gasteiger partial charge in [0, 0.05) is 22.8 Å². The van der Waals surface area contributed by atoms with E-state index < -0.39 is 5.97 Å². The Labute approximate surface area is 198 Å². The molecule has 11 heteroatoms. The molecule has 9 nitrogen and oxygen atoms in total.